The van der Waals surface area contributed by atoms with Crippen LogP contribution in [0.3, 0.4) is 0 Å². The molecule has 0 aliphatic carbocycles. The van der Waals surface area contributed by atoms with E-state index in [2.05, 4.69) is 34.4 Å². The van der Waals surface area contributed by atoms with Gasteiger partial charge in [-0.05, 0) is 31.8 Å². The lowest BCUT2D eigenvalue weighted by Gasteiger charge is -2.26. The lowest BCUT2D eigenvalue weighted by Crippen LogP contribution is -2.43. The first-order chi connectivity index (χ1) is 9.72. The van der Waals surface area contributed by atoms with E-state index >= 15 is 0 Å². The molecular formula is C15H32N4O. The molecule has 1 fully saturated rings. The number of aliphatic imine (C=N–C) groups is 1. The Morgan fingerprint density at radius 3 is 2.50 bits per heavy atom. The molecule has 1 aliphatic heterocycles. The Morgan fingerprint density at radius 2 is 1.85 bits per heavy atom. The van der Waals surface area contributed by atoms with Crippen molar-refractivity contribution < 1.29 is 4.74 Å². The monoisotopic (exact) mass is 284 g/mol. The fourth-order valence-corrected chi connectivity index (χ4v) is 2.30. The highest BCUT2D eigenvalue weighted by Crippen LogP contribution is 2.07. The standard InChI is InChI=1S/C15H32N4O/c1-14(2)13-20-12-8-18-15(16-3)17-7-11-19-9-5-4-6-10-19/h14H,4-13H2,1-3H3,(H2,16,17,18). The zero-order valence-electron chi connectivity index (χ0n) is 13.5. The van der Waals surface area contributed by atoms with Crippen molar-refractivity contribution in [1.82, 2.24) is 15.5 Å². The van der Waals surface area contributed by atoms with Crippen molar-refractivity contribution in [2.45, 2.75) is 33.1 Å². The van der Waals surface area contributed by atoms with Crippen molar-refractivity contribution in [3.8, 4) is 0 Å². The third-order valence-corrected chi connectivity index (χ3v) is 3.38. The zero-order chi connectivity index (χ0) is 14.6. The third-order valence-electron chi connectivity index (χ3n) is 3.38. The van der Waals surface area contributed by atoms with Crippen LogP contribution in [0.25, 0.3) is 0 Å². The number of piperidine rings is 1. The highest BCUT2D eigenvalue weighted by Gasteiger charge is 2.09. The van der Waals surface area contributed by atoms with Gasteiger partial charge in [-0.1, -0.05) is 20.3 Å². The first kappa shape index (κ1) is 17.2. The molecule has 0 saturated carbocycles. The SMILES string of the molecule is CN=C(NCCOCC(C)C)NCCN1CCCCC1. The molecule has 0 aromatic carbocycles. The summed E-state index contributed by atoms with van der Waals surface area (Å²) in [6.07, 6.45) is 4.09. The van der Waals surface area contributed by atoms with Crippen LogP contribution >= 0.6 is 0 Å². The van der Waals surface area contributed by atoms with Crippen LogP contribution in [-0.4, -0.2) is 63.8 Å². The molecular weight excluding hydrogens is 252 g/mol. The molecule has 5 nitrogen and oxygen atoms in total. The van der Waals surface area contributed by atoms with Crippen molar-refractivity contribution in [2.24, 2.45) is 10.9 Å². The van der Waals surface area contributed by atoms with Crippen LogP contribution in [0.4, 0.5) is 0 Å². The van der Waals surface area contributed by atoms with E-state index in [9.17, 15) is 0 Å². The summed E-state index contributed by atoms with van der Waals surface area (Å²) in [6, 6.07) is 0. The molecule has 118 valence electrons. The van der Waals surface area contributed by atoms with Crippen LogP contribution in [0.1, 0.15) is 33.1 Å². The van der Waals surface area contributed by atoms with Gasteiger partial charge in [-0.3, -0.25) is 4.99 Å². The Kier molecular flexibility index (Phi) is 9.41. The molecule has 0 radical (unpaired) electrons. The fourth-order valence-electron chi connectivity index (χ4n) is 2.30. The smallest absolute Gasteiger partial charge is 0.191 e. The number of likely N-dealkylation sites (tertiary alicyclic amines) is 1. The Morgan fingerprint density at radius 1 is 1.15 bits per heavy atom. The predicted octanol–water partition coefficient (Wildman–Crippen LogP) is 1.31. The number of nitrogens with one attached hydrogen (secondary N) is 2. The van der Waals surface area contributed by atoms with Crippen LogP contribution < -0.4 is 10.6 Å². The summed E-state index contributed by atoms with van der Waals surface area (Å²) in [4.78, 5) is 6.75. The van der Waals surface area contributed by atoms with Gasteiger partial charge < -0.3 is 20.3 Å². The average molecular weight is 284 g/mol. The van der Waals surface area contributed by atoms with Crippen LogP contribution in [-0.2, 0) is 4.74 Å². The van der Waals surface area contributed by atoms with Gasteiger partial charge in [-0.2, -0.15) is 0 Å². The molecule has 1 aliphatic rings. The largest absolute Gasteiger partial charge is 0.379 e. The maximum absolute atomic E-state index is 5.54. The number of guanidine groups is 1. The lowest BCUT2D eigenvalue weighted by atomic mass is 10.1. The highest BCUT2D eigenvalue weighted by atomic mass is 16.5. The van der Waals surface area contributed by atoms with E-state index in [1.807, 2.05) is 7.05 Å². The molecule has 20 heavy (non-hydrogen) atoms. The molecule has 0 spiro atoms. The minimum Gasteiger partial charge on any atom is -0.379 e. The van der Waals surface area contributed by atoms with Crippen LogP contribution in [0.5, 0.6) is 0 Å². The Balaban J connectivity index is 2.01. The van der Waals surface area contributed by atoms with Gasteiger partial charge in [0.15, 0.2) is 5.96 Å². The molecule has 0 aromatic heterocycles. The van der Waals surface area contributed by atoms with E-state index in [-0.39, 0.29) is 0 Å². The van der Waals surface area contributed by atoms with Crippen molar-refractivity contribution >= 4 is 5.96 Å². The summed E-state index contributed by atoms with van der Waals surface area (Å²) < 4.78 is 5.54. The van der Waals surface area contributed by atoms with E-state index in [4.69, 9.17) is 4.74 Å². The van der Waals surface area contributed by atoms with Crippen molar-refractivity contribution in [3.05, 3.63) is 0 Å². The first-order valence-corrected chi connectivity index (χ1v) is 7.97. The number of rotatable bonds is 8. The zero-order valence-corrected chi connectivity index (χ0v) is 13.5. The van der Waals surface area contributed by atoms with Gasteiger partial charge in [0.05, 0.1) is 6.61 Å². The maximum Gasteiger partial charge on any atom is 0.191 e. The topological polar surface area (TPSA) is 48.9 Å². The Labute approximate surface area is 124 Å². The van der Waals surface area contributed by atoms with Crippen molar-refractivity contribution in [1.29, 1.82) is 0 Å². The van der Waals surface area contributed by atoms with Crippen LogP contribution in [0.2, 0.25) is 0 Å². The number of hydrogen-bond donors (Lipinski definition) is 2. The third kappa shape index (κ3) is 8.38. The molecule has 0 unspecified atom stereocenters. The summed E-state index contributed by atoms with van der Waals surface area (Å²) in [5.41, 5.74) is 0. The van der Waals surface area contributed by atoms with Gasteiger partial charge in [-0.15, -0.1) is 0 Å². The van der Waals surface area contributed by atoms with Gasteiger partial charge in [0.2, 0.25) is 0 Å². The normalized spacial score (nSPS) is 17.5. The van der Waals surface area contributed by atoms with Gasteiger partial charge >= 0.3 is 0 Å². The highest BCUT2D eigenvalue weighted by molar-refractivity contribution is 5.79. The predicted molar refractivity (Wildman–Crippen MR) is 85.3 cm³/mol. The van der Waals surface area contributed by atoms with E-state index in [1.165, 1.54) is 32.4 Å². The minimum atomic E-state index is 0.594. The molecule has 0 atom stereocenters. The second-order valence-corrected chi connectivity index (χ2v) is 5.80. The summed E-state index contributed by atoms with van der Waals surface area (Å²) in [7, 11) is 1.81. The van der Waals surface area contributed by atoms with Gasteiger partial charge in [0, 0.05) is 33.3 Å². The first-order valence-electron chi connectivity index (χ1n) is 7.97. The summed E-state index contributed by atoms with van der Waals surface area (Å²) in [5, 5.41) is 6.63. The van der Waals surface area contributed by atoms with E-state index < -0.39 is 0 Å². The van der Waals surface area contributed by atoms with Gasteiger partial charge in [0.25, 0.3) is 0 Å². The fraction of sp³-hybridized carbons (Fsp3) is 0.933. The molecule has 1 saturated heterocycles. The van der Waals surface area contributed by atoms with Gasteiger partial charge in [0.1, 0.15) is 0 Å². The molecule has 0 amide bonds. The Bertz CT molecular complexity index is 263. The second kappa shape index (κ2) is 10.9. The number of ether oxygens (including phenoxy) is 1. The molecule has 1 heterocycles. The van der Waals surface area contributed by atoms with E-state index in [0.717, 1.165) is 38.8 Å². The number of nitrogens with zero attached hydrogens (tertiary/aromatic N) is 2. The lowest BCUT2D eigenvalue weighted by molar-refractivity contribution is 0.114. The second-order valence-electron chi connectivity index (χ2n) is 5.80. The molecule has 1 rings (SSSR count). The molecule has 0 aromatic rings. The van der Waals surface area contributed by atoms with Crippen LogP contribution in [0.15, 0.2) is 4.99 Å². The summed E-state index contributed by atoms with van der Waals surface area (Å²) >= 11 is 0. The van der Waals surface area contributed by atoms with E-state index in [1.54, 1.807) is 0 Å². The summed E-state index contributed by atoms with van der Waals surface area (Å²) in [5.74, 6) is 1.46. The van der Waals surface area contributed by atoms with Crippen molar-refractivity contribution in [2.75, 3.05) is 53.0 Å². The Hall–Kier alpha value is -0.810. The molecule has 0 bridgehead atoms. The number of hydrogen-bond acceptors (Lipinski definition) is 3. The minimum absolute atomic E-state index is 0.594. The quantitative estimate of drug-likeness (QED) is 0.401. The average Bonchev–Trinajstić information content (AvgIpc) is 2.46. The molecule has 2 N–H and O–H groups in total. The summed E-state index contributed by atoms with van der Waals surface area (Å²) in [6.45, 7) is 11.2. The maximum atomic E-state index is 5.54. The van der Waals surface area contributed by atoms with Crippen LogP contribution in [0, 0.1) is 5.92 Å². The molecule has 5 heteroatoms. The van der Waals surface area contributed by atoms with Crippen molar-refractivity contribution in [3.63, 3.8) is 0 Å². The van der Waals surface area contributed by atoms with Gasteiger partial charge in [-0.25, -0.2) is 0 Å². The van der Waals surface area contributed by atoms with E-state index in [0.29, 0.717) is 5.92 Å².